The van der Waals surface area contributed by atoms with E-state index in [0.717, 1.165) is 59.9 Å². The smallest absolute Gasteiger partial charge is 0.313 e. The fourth-order valence-corrected chi connectivity index (χ4v) is 9.64. The molecule has 0 radical (unpaired) electrons. The lowest BCUT2D eigenvalue weighted by molar-refractivity contribution is -0.182. The van der Waals surface area contributed by atoms with Gasteiger partial charge in [-0.05, 0) is 96.5 Å². The summed E-state index contributed by atoms with van der Waals surface area (Å²) in [5.41, 5.74) is 5.40. The summed E-state index contributed by atoms with van der Waals surface area (Å²) in [6.45, 7) is 1.36. The molecule has 2 bridgehead atoms. The van der Waals surface area contributed by atoms with E-state index < -0.39 is 49.3 Å². The molecule has 0 N–H and O–H groups in total. The van der Waals surface area contributed by atoms with Crippen LogP contribution in [0.25, 0.3) is 32.7 Å². The molecule has 0 heterocycles. The lowest BCUT2D eigenvalue weighted by atomic mass is 9.59. The van der Waals surface area contributed by atoms with E-state index in [0.29, 0.717) is 6.42 Å². The predicted molar refractivity (Wildman–Crippen MR) is 204 cm³/mol. The largest absolute Gasteiger partial charge is 0.428 e. The van der Waals surface area contributed by atoms with Crippen molar-refractivity contribution in [3.63, 3.8) is 0 Å². The molecule has 0 saturated heterocycles. The molecule has 3 aliphatic rings. The van der Waals surface area contributed by atoms with Crippen LogP contribution in [0, 0.1) is 35.5 Å². The van der Waals surface area contributed by atoms with E-state index in [4.69, 9.17) is 18.9 Å². The van der Waals surface area contributed by atoms with Crippen molar-refractivity contribution in [1.29, 1.82) is 0 Å². The summed E-state index contributed by atoms with van der Waals surface area (Å²) in [4.78, 5) is 53.7. The van der Waals surface area contributed by atoms with Crippen LogP contribution in [0.5, 0.6) is 0 Å². The molecule has 0 spiro atoms. The maximum atomic E-state index is 14.2. The minimum absolute atomic E-state index is 0.193. The Morgan fingerprint density at radius 3 is 1.48 bits per heavy atom. The zero-order valence-corrected chi connectivity index (χ0v) is 30.6. The zero-order valence-electron chi connectivity index (χ0n) is 30.6. The number of hydrogen-bond donors (Lipinski definition) is 0. The molecular weight excluding hydrogens is 682 g/mol. The number of fused-ring (bicyclic) bond motifs is 11. The Balaban J connectivity index is 1.48. The Morgan fingerprint density at radius 2 is 1.00 bits per heavy atom. The monoisotopic (exact) mass is 723 g/mol. The second-order valence-electron chi connectivity index (χ2n) is 14.6. The maximum absolute atomic E-state index is 14.2. The van der Waals surface area contributed by atoms with Crippen molar-refractivity contribution in [1.82, 2.24) is 0 Å². The summed E-state index contributed by atoms with van der Waals surface area (Å²) in [6.07, 6.45) is 0.551. The molecule has 2 saturated carbocycles. The van der Waals surface area contributed by atoms with Crippen LogP contribution in [0.1, 0.15) is 31.4 Å². The minimum Gasteiger partial charge on any atom is -0.428 e. The third kappa shape index (κ3) is 5.88. The first kappa shape index (κ1) is 35.1. The number of rotatable bonds is 9. The normalized spacial score (nSPS) is 22.4. The van der Waals surface area contributed by atoms with Gasteiger partial charge in [-0.1, -0.05) is 91.0 Å². The van der Waals surface area contributed by atoms with E-state index in [2.05, 4.69) is 71.6 Å². The van der Waals surface area contributed by atoms with Gasteiger partial charge in [0.05, 0.1) is 11.8 Å². The molecule has 6 atom stereocenters. The molecule has 9 nitrogen and oxygen atoms in total. The molecule has 4 unspecified atom stereocenters. The number of carbonyl (C=O) groups excluding carboxylic acids is 4. The van der Waals surface area contributed by atoms with E-state index in [9.17, 15) is 19.2 Å². The van der Waals surface area contributed by atoms with E-state index in [1.54, 1.807) is 0 Å². The van der Waals surface area contributed by atoms with Gasteiger partial charge in [-0.25, -0.2) is 0 Å². The lowest BCUT2D eigenvalue weighted by Gasteiger charge is -2.43. The SMILES string of the molecule is CC(=O)OCOC(=O)[C@@H]1C2CC(C3C(c4ccccc4)=c4c(c5ccccc5c5ccc(N(C)C)cc45)=C(c4ccccc4)C32)[C@H]1C(=O)OCOC(C)=O. The first-order chi connectivity index (χ1) is 26.2. The zero-order chi connectivity index (χ0) is 37.7. The van der Waals surface area contributed by atoms with Gasteiger partial charge >= 0.3 is 23.9 Å². The summed E-state index contributed by atoms with van der Waals surface area (Å²) in [6, 6.07) is 35.8. The Hall–Kier alpha value is -5.96. The van der Waals surface area contributed by atoms with Crippen LogP contribution >= 0.6 is 0 Å². The second kappa shape index (κ2) is 14.1. The van der Waals surface area contributed by atoms with Crippen LogP contribution in [0.4, 0.5) is 5.69 Å². The van der Waals surface area contributed by atoms with Crippen LogP contribution in [-0.2, 0) is 38.1 Å². The van der Waals surface area contributed by atoms with Gasteiger partial charge in [-0.15, -0.1) is 0 Å². The third-order valence-corrected chi connectivity index (χ3v) is 11.5. The van der Waals surface area contributed by atoms with E-state index in [-0.39, 0.29) is 23.7 Å². The van der Waals surface area contributed by atoms with Crippen molar-refractivity contribution >= 4 is 62.3 Å². The number of hydrogen-bond acceptors (Lipinski definition) is 9. The van der Waals surface area contributed by atoms with Crippen LogP contribution < -0.4 is 15.3 Å². The van der Waals surface area contributed by atoms with Crippen LogP contribution in [0.15, 0.2) is 103 Å². The first-order valence-electron chi connectivity index (χ1n) is 18.3. The summed E-state index contributed by atoms with van der Waals surface area (Å²) < 4.78 is 21.2. The predicted octanol–water partition coefficient (Wildman–Crippen LogP) is 5.71. The Morgan fingerprint density at radius 1 is 0.556 bits per heavy atom. The highest BCUT2D eigenvalue weighted by Gasteiger charge is 2.65. The molecule has 0 amide bonds. The minimum atomic E-state index is -0.905. The first-order valence-corrected chi connectivity index (χ1v) is 18.3. The number of carbonyl (C=O) groups is 4. The summed E-state index contributed by atoms with van der Waals surface area (Å²) in [7, 11) is 4.08. The highest BCUT2D eigenvalue weighted by Crippen LogP contribution is 2.65. The van der Waals surface area contributed by atoms with Crippen molar-refractivity contribution < 1.29 is 38.1 Å². The second-order valence-corrected chi connectivity index (χ2v) is 14.6. The van der Waals surface area contributed by atoms with Gasteiger partial charge in [0.2, 0.25) is 13.6 Å². The van der Waals surface area contributed by atoms with Gasteiger partial charge in [-0.2, -0.15) is 0 Å². The van der Waals surface area contributed by atoms with E-state index in [1.807, 2.05) is 50.5 Å². The number of esters is 4. The number of benzene rings is 5. The van der Waals surface area contributed by atoms with Crippen molar-refractivity contribution in [3.05, 3.63) is 125 Å². The van der Waals surface area contributed by atoms with Crippen LogP contribution in [0.2, 0.25) is 0 Å². The van der Waals surface area contributed by atoms with Gasteiger partial charge in [0.15, 0.2) is 0 Å². The van der Waals surface area contributed by atoms with Crippen molar-refractivity contribution in [3.8, 4) is 0 Å². The van der Waals surface area contributed by atoms with Crippen molar-refractivity contribution in [2.24, 2.45) is 35.5 Å². The van der Waals surface area contributed by atoms with Gasteiger partial charge in [0.1, 0.15) is 0 Å². The maximum Gasteiger partial charge on any atom is 0.313 e. The summed E-state index contributed by atoms with van der Waals surface area (Å²) >= 11 is 0. The van der Waals surface area contributed by atoms with Crippen molar-refractivity contribution in [2.75, 3.05) is 32.6 Å². The molecule has 0 aromatic heterocycles. The molecule has 54 heavy (non-hydrogen) atoms. The van der Waals surface area contributed by atoms with Crippen molar-refractivity contribution in [2.45, 2.75) is 20.3 Å². The fourth-order valence-electron chi connectivity index (χ4n) is 9.64. The molecule has 2 fully saturated rings. The number of anilines is 1. The summed E-state index contributed by atoms with van der Waals surface area (Å²) in [5.74, 6) is -5.30. The molecule has 0 aliphatic heterocycles. The Bertz CT molecular complexity index is 2440. The fraction of sp³-hybridized carbons (Fsp3) is 0.289. The lowest BCUT2D eigenvalue weighted by Crippen LogP contribution is -2.50. The summed E-state index contributed by atoms with van der Waals surface area (Å²) in [5, 5.41) is 6.71. The third-order valence-electron chi connectivity index (χ3n) is 11.5. The molecule has 274 valence electrons. The molecular formula is C45H41NO8. The van der Waals surface area contributed by atoms with E-state index >= 15 is 0 Å². The standard InChI is InChI=1S/C45H41NO8/c1-25(47)51-23-53-44(49)42-34-22-35(43(42)45(50)54-24-52-26(2)48)41-37(28-15-9-6-10-16-28)39-33-21-29(46(3)4)19-20-31(33)30-17-11-12-18-32(30)38(39)36(40(34)41)27-13-7-5-8-14-27/h5-21,34-35,40-43H,22-24H2,1-4H3/t34?,35?,40?,41?,42-,43-/m1/s1. The van der Waals surface area contributed by atoms with E-state index in [1.165, 1.54) is 13.8 Å². The van der Waals surface area contributed by atoms with Crippen LogP contribution in [-0.4, -0.2) is 51.6 Å². The van der Waals surface area contributed by atoms with Gasteiger partial charge in [0.25, 0.3) is 0 Å². The highest BCUT2D eigenvalue weighted by molar-refractivity contribution is 6.11. The average Bonchev–Trinajstić information content (AvgIpc) is 3.75. The molecule has 8 rings (SSSR count). The Labute approximate surface area is 312 Å². The van der Waals surface area contributed by atoms with Gasteiger partial charge in [0, 0.05) is 33.6 Å². The molecule has 9 heteroatoms. The molecule has 3 aliphatic carbocycles. The molecule has 5 aromatic rings. The highest BCUT2D eigenvalue weighted by atomic mass is 16.7. The van der Waals surface area contributed by atoms with Gasteiger partial charge < -0.3 is 23.8 Å². The molecule has 5 aromatic carbocycles. The van der Waals surface area contributed by atoms with Crippen LogP contribution in [0.3, 0.4) is 0 Å². The average molecular weight is 724 g/mol. The number of nitrogens with zero attached hydrogens (tertiary/aromatic N) is 1. The van der Waals surface area contributed by atoms with Gasteiger partial charge in [-0.3, -0.25) is 19.2 Å². The topological polar surface area (TPSA) is 108 Å². The Kier molecular flexibility index (Phi) is 9.17. The quantitative estimate of drug-likeness (QED) is 0.107. The number of ether oxygens (including phenoxy) is 4.